The molecule has 1 fully saturated rings. The number of nitrogens with zero attached hydrogens (tertiary/aromatic N) is 3. The minimum Gasteiger partial charge on any atom is -0.478 e. The lowest BCUT2D eigenvalue weighted by molar-refractivity contribution is 0.0697. The van der Waals surface area contributed by atoms with Crippen molar-refractivity contribution in [3.63, 3.8) is 0 Å². The van der Waals surface area contributed by atoms with Crippen molar-refractivity contribution in [2.24, 2.45) is 0 Å². The standard InChI is InChI=1S/C22H22N4O2S/c1-13-12-17(14(2)26(13)16-9-7-15(8-10-16)21(27)28)20-19(24-22(29)25(20)3)18-6-4-5-11-23-18/h4-12,19-20H,1-3H3,(H,24,29)(H,27,28)/t19-,20+/m0/s1. The fourth-order valence-electron chi connectivity index (χ4n) is 4.08. The average Bonchev–Trinajstić information content (AvgIpc) is 3.17. The number of benzene rings is 1. The van der Waals surface area contributed by atoms with Crippen molar-refractivity contribution in [2.75, 3.05) is 7.05 Å². The van der Waals surface area contributed by atoms with Crippen LogP contribution in [0.25, 0.3) is 5.69 Å². The Balaban J connectivity index is 1.78. The largest absolute Gasteiger partial charge is 0.478 e. The van der Waals surface area contributed by atoms with Gasteiger partial charge in [0.2, 0.25) is 0 Å². The fraction of sp³-hybridized carbons (Fsp3) is 0.227. The summed E-state index contributed by atoms with van der Waals surface area (Å²) in [5, 5.41) is 13.3. The molecule has 3 aromatic rings. The molecule has 4 rings (SSSR count). The molecule has 1 aliphatic heterocycles. The van der Waals surface area contributed by atoms with E-state index < -0.39 is 5.97 Å². The summed E-state index contributed by atoms with van der Waals surface area (Å²) in [6, 6.07) is 15.0. The van der Waals surface area contributed by atoms with Crippen LogP contribution in [0.2, 0.25) is 0 Å². The van der Waals surface area contributed by atoms with Crippen LogP contribution >= 0.6 is 12.2 Å². The second-order valence-corrected chi connectivity index (χ2v) is 7.64. The average molecular weight is 407 g/mol. The Labute approximate surface area is 174 Å². The molecule has 2 N–H and O–H groups in total. The van der Waals surface area contributed by atoms with Gasteiger partial charge >= 0.3 is 5.97 Å². The molecule has 0 aliphatic carbocycles. The molecule has 0 bridgehead atoms. The maximum atomic E-state index is 11.2. The second kappa shape index (κ2) is 7.33. The summed E-state index contributed by atoms with van der Waals surface area (Å²) in [7, 11) is 2.00. The maximum Gasteiger partial charge on any atom is 0.335 e. The first-order valence-electron chi connectivity index (χ1n) is 9.35. The number of aryl methyl sites for hydroxylation is 1. The number of carbonyl (C=O) groups is 1. The molecule has 2 aromatic heterocycles. The lowest BCUT2D eigenvalue weighted by Gasteiger charge is -2.24. The summed E-state index contributed by atoms with van der Waals surface area (Å²) in [5.74, 6) is -0.927. The van der Waals surface area contributed by atoms with Crippen LogP contribution in [0.1, 0.15) is 45.1 Å². The molecule has 1 aromatic carbocycles. The Bertz CT molecular complexity index is 1080. The Kier molecular flexibility index (Phi) is 4.84. The third-order valence-corrected chi connectivity index (χ3v) is 5.91. The van der Waals surface area contributed by atoms with Crippen molar-refractivity contribution in [1.82, 2.24) is 19.8 Å². The van der Waals surface area contributed by atoms with Gasteiger partial charge in [-0.25, -0.2) is 4.79 Å². The first-order valence-corrected chi connectivity index (χ1v) is 9.76. The zero-order valence-electron chi connectivity index (χ0n) is 16.5. The molecule has 0 unspecified atom stereocenters. The van der Waals surface area contributed by atoms with Gasteiger partial charge in [-0.3, -0.25) is 4.98 Å². The van der Waals surface area contributed by atoms with Gasteiger partial charge in [0.1, 0.15) is 0 Å². The highest BCUT2D eigenvalue weighted by Crippen LogP contribution is 2.40. The Morgan fingerprint density at radius 3 is 2.52 bits per heavy atom. The summed E-state index contributed by atoms with van der Waals surface area (Å²) in [6.45, 7) is 4.14. The van der Waals surface area contributed by atoms with Crippen LogP contribution < -0.4 is 5.32 Å². The van der Waals surface area contributed by atoms with Crippen molar-refractivity contribution >= 4 is 23.3 Å². The van der Waals surface area contributed by atoms with Crippen molar-refractivity contribution in [3.05, 3.63) is 82.9 Å². The van der Waals surface area contributed by atoms with E-state index in [-0.39, 0.29) is 17.6 Å². The summed E-state index contributed by atoms with van der Waals surface area (Å²) in [6.07, 6.45) is 1.79. The van der Waals surface area contributed by atoms with Crippen molar-refractivity contribution < 1.29 is 9.90 Å². The topological polar surface area (TPSA) is 70.4 Å². The number of carboxylic acid groups (broad SMARTS) is 1. The number of hydrogen-bond donors (Lipinski definition) is 2. The van der Waals surface area contributed by atoms with Gasteiger partial charge in [-0.2, -0.15) is 0 Å². The van der Waals surface area contributed by atoms with Crippen molar-refractivity contribution in [3.8, 4) is 5.69 Å². The third-order valence-electron chi connectivity index (χ3n) is 5.50. The highest BCUT2D eigenvalue weighted by atomic mass is 32.1. The van der Waals surface area contributed by atoms with Crippen LogP contribution in [0.4, 0.5) is 0 Å². The van der Waals surface area contributed by atoms with E-state index in [1.165, 1.54) is 0 Å². The van der Waals surface area contributed by atoms with Crippen molar-refractivity contribution in [2.45, 2.75) is 25.9 Å². The van der Waals surface area contributed by atoms with Gasteiger partial charge < -0.3 is 19.9 Å². The zero-order valence-corrected chi connectivity index (χ0v) is 17.3. The van der Waals surface area contributed by atoms with E-state index in [0.29, 0.717) is 5.11 Å². The smallest absolute Gasteiger partial charge is 0.335 e. The molecule has 7 heteroatoms. The normalized spacial score (nSPS) is 18.7. The van der Waals surface area contributed by atoms with E-state index in [1.807, 2.05) is 37.4 Å². The SMILES string of the molecule is Cc1cc([C@@H]2[C@H](c3ccccn3)NC(=S)N2C)c(C)n1-c1ccc(C(=O)O)cc1. The molecule has 1 aliphatic rings. The number of hydrogen-bond acceptors (Lipinski definition) is 3. The van der Waals surface area contributed by atoms with Gasteiger partial charge in [-0.05, 0) is 74.1 Å². The first kappa shape index (κ1) is 19.1. The molecule has 0 radical (unpaired) electrons. The fourth-order valence-corrected chi connectivity index (χ4v) is 4.33. The van der Waals surface area contributed by atoms with Crippen LogP contribution in [-0.4, -0.2) is 37.7 Å². The molecule has 3 heterocycles. The summed E-state index contributed by atoms with van der Waals surface area (Å²) < 4.78 is 2.14. The van der Waals surface area contributed by atoms with Crippen LogP contribution in [0, 0.1) is 13.8 Å². The van der Waals surface area contributed by atoms with Gasteiger partial charge in [0.05, 0.1) is 23.3 Å². The number of likely N-dealkylation sites (N-methyl/N-ethyl adjacent to an activating group) is 1. The van der Waals surface area contributed by atoms with E-state index >= 15 is 0 Å². The molecule has 6 nitrogen and oxygen atoms in total. The Morgan fingerprint density at radius 1 is 1.17 bits per heavy atom. The number of thiocarbonyl (C=S) groups is 1. The minimum atomic E-state index is -0.927. The Hall–Kier alpha value is -3.19. The summed E-state index contributed by atoms with van der Waals surface area (Å²) in [4.78, 5) is 17.8. The predicted molar refractivity (Wildman–Crippen MR) is 115 cm³/mol. The van der Waals surface area contributed by atoms with Crippen molar-refractivity contribution in [1.29, 1.82) is 0 Å². The van der Waals surface area contributed by atoms with Crippen LogP contribution in [0.3, 0.4) is 0 Å². The number of aromatic carboxylic acids is 1. The highest BCUT2D eigenvalue weighted by Gasteiger charge is 2.39. The molecule has 29 heavy (non-hydrogen) atoms. The molecule has 2 atom stereocenters. The van der Waals surface area contributed by atoms with Crippen LogP contribution in [-0.2, 0) is 0 Å². The summed E-state index contributed by atoms with van der Waals surface area (Å²) >= 11 is 5.54. The number of pyridine rings is 1. The number of aromatic nitrogens is 2. The lowest BCUT2D eigenvalue weighted by atomic mass is 9.97. The molecule has 1 saturated heterocycles. The van der Waals surface area contributed by atoms with Gasteiger partial charge in [0.15, 0.2) is 5.11 Å². The number of nitrogens with one attached hydrogen (secondary N) is 1. The van der Waals surface area contributed by atoms with Gasteiger partial charge in [-0.15, -0.1) is 0 Å². The Morgan fingerprint density at radius 2 is 1.90 bits per heavy atom. The summed E-state index contributed by atoms with van der Waals surface area (Å²) in [5.41, 5.74) is 5.48. The molecule has 148 valence electrons. The zero-order chi connectivity index (χ0) is 20.7. The van der Waals surface area contributed by atoms with Crippen LogP contribution in [0.15, 0.2) is 54.7 Å². The molecule has 0 spiro atoms. The molecular formula is C22H22N4O2S. The predicted octanol–water partition coefficient (Wildman–Crippen LogP) is 3.79. The molecule has 0 amide bonds. The maximum absolute atomic E-state index is 11.2. The van der Waals surface area contributed by atoms with E-state index in [2.05, 4.69) is 39.7 Å². The number of rotatable bonds is 4. The highest BCUT2D eigenvalue weighted by molar-refractivity contribution is 7.80. The van der Waals surface area contributed by atoms with E-state index in [9.17, 15) is 4.79 Å². The first-order chi connectivity index (χ1) is 13.9. The molecular weight excluding hydrogens is 384 g/mol. The quantitative estimate of drug-likeness (QED) is 0.643. The third kappa shape index (κ3) is 3.27. The van der Waals surface area contributed by atoms with Gasteiger partial charge in [0, 0.05) is 30.3 Å². The lowest BCUT2D eigenvalue weighted by Crippen LogP contribution is -2.25. The second-order valence-electron chi connectivity index (χ2n) is 7.25. The van der Waals surface area contributed by atoms with Crippen LogP contribution in [0.5, 0.6) is 0 Å². The monoisotopic (exact) mass is 406 g/mol. The minimum absolute atomic E-state index is 0.00985. The number of carboxylic acids is 1. The van der Waals surface area contributed by atoms with E-state index in [4.69, 9.17) is 17.3 Å². The van der Waals surface area contributed by atoms with Gasteiger partial charge in [-0.1, -0.05) is 6.07 Å². The van der Waals surface area contributed by atoms with E-state index in [1.54, 1.807) is 18.3 Å². The van der Waals surface area contributed by atoms with Gasteiger partial charge in [0.25, 0.3) is 0 Å². The van der Waals surface area contributed by atoms with E-state index in [0.717, 1.165) is 28.3 Å². The molecule has 0 saturated carbocycles.